The van der Waals surface area contributed by atoms with Crippen LogP contribution in [-0.4, -0.2) is 16.6 Å². The topological polar surface area (TPSA) is 33.2 Å². The smallest absolute Gasteiger partial charge is 0.240 e. The molecule has 0 radical (unpaired) electrons. The summed E-state index contributed by atoms with van der Waals surface area (Å²) in [4.78, 5) is 18.9. The van der Waals surface area contributed by atoms with Crippen LogP contribution in [-0.2, 0) is 4.79 Å². The van der Waals surface area contributed by atoms with Gasteiger partial charge < -0.3 is 0 Å². The Labute approximate surface area is 153 Å². The number of halogens is 1. The maximum atomic E-state index is 12.4. The van der Waals surface area contributed by atoms with Crippen LogP contribution in [0.1, 0.15) is 10.9 Å². The van der Waals surface area contributed by atoms with Gasteiger partial charge in [0.05, 0.1) is 11.4 Å². The highest BCUT2D eigenvalue weighted by Crippen LogP contribution is 2.43. The zero-order valence-corrected chi connectivity index (χ0v) is 14.9. The van der Waals surface area contributed by atoms with E-state index in [2.05, 4.69) is 0 Å². The predicted octanol–water partition coefficient (Wildman–Crippen LogP) is 5.24. The normalized spacial score (nSPS) is 17.5. The largest absolute Gasteiger partial charge is 0.273 e. The number of hydrogen-bond acceptors (Lipinski definition) is 4. The number of rotatable bonds is 3. The zero-order chi connectivity index (χ0) is 16.5. The number of benzene rings is 2. The molecule has 0 unspecified atom stereocenters. The van der Waals surface area contributed by atoms with E-state index >= 15 is 0 Å². The van der Waals surface area contributed by atoms with E-state index in [0.717, 1.165) is 22.0 Å². The average Bonchev–Trinajstić information content (AvgIpc) is 3.23. The molecule has 1 aliphatic rings. The molecule has 4 rings (SSSR count). The van der Waals surface area contributed by atoms with Gasteiger partial charge in [-0.15, -0.1) is 23.1 Å². The van der Waals surface area contributed by atoms with Gasteiger partial charge in [-0.3, -0.25) is 9.69 Å². The summed E-state index contributed by atoms with van der Waals surface area (Å²) < 4.78 is 0. The third kappa shape index (κ3) is 2.95. The minimum absolute atomic E-state index is 0.0514. The number of carbonyl (C=O) groups excluding carboxylic acids is 1. The number of carbonyl (C=O) groups is 1. The minimum atomic E-state index is -0.0514. The monoisotopic (exact) mass is 372 g/mol. The van der Waals surface area contributed by atoms with Crippen LogP contribution in [0.25, 0.3) is 11.3 Å². The quantitative estimate of drug-likeness (QED) is 0.630. The van der Waals surface area contributed by atoms with Crippen LogP contribution in [0.5, 0.6) is 0 Å². The van der Waals surface area contributed by atoms with Gasteiger partial charge in [0.15, 0.2) is 5.13 Å². The number of hydrogen-bond donors (Lipinski definition) is 0. The molecule has 1 saturated heterocycles. The fourth-order valence-electron chi connectivity index (χ4n) is 2.62. The second-order valence-electron chi connectivity index (χ2n) is 5.36. The second kappa shape index (κ2) is 6.59. The first kappa shape index (κ1) is 15.7. The molecule has 120 valence electrons. The van der Waals surface area contributed by atoms with Crippen molar-refractivity contribution >= 4 is 45.7 Å². The van der Waals surface area contributed by atoms with E-state index < -0.39 is 0 Å². The SMILES string of the molecule is O=C1CS[C@@H](c2ccc(Cl)cc2)N1c1nc(-c2ccccc2)cs1. The molecule has 0 aliphatic carbocycles. The van der Waals surface area contributed by atoms with Crippen LogP contribution in [0, 0.1) is 0 Å². The number of anilines is 1. The summed E-state index contributed by atoms with van der Waals surface area (Å²) in [6.45, 7) is 0. The van der Waals surface area contributed by atoms with Gasteiger partial charge in [0.1, 0.15) is 5.37 Å². The van der Waals surface area contributed by atoms with Crippen molar-refractivity contribution in [2.75, 3.05) is 10.7 Å². The second-order valence-corrected chi connectivity index (χ2v) is 7.70. The van der Waals surface area contributed by atoms with Crippen molar-refractivity contribution in [1.29, 1.82) is 0 Å². The van der Waals surface area contributed by atoms with Crippen LogP contribution >= 0.6 is 34.7 Å². The molecule has 1 amide bonds. The van der Waals surface area contributed by atoms with Gasteiger partial charge in [-0.25, -0.2) is 4.98 Å². The molecule has 1 aliphatic heterocycles. The van der Waals surface area contributed by atoms with Gasteiger partial charge in [-0.1, -0.05) is 54.1 Å². The van der Waals surface area contributed by atoms with E-state index in [9.17, 15) is 4.79 Å². The Morgan fingerprint density at radius 2 is 1.83 bits per heavy atom. The van der Waals surface area contributed by atoms with Gasteiger partial charge in [-0.2, -0.15) is 0 Å². The van der Waals surface area contributed by atoms with Crippen molar-refractivity contribution in [3.63, 3.8) is 0 Å². The molecule has 0 saturated carbocycles. The van der Waals surface area contributed by atoms with Crippen molar-refractivity contribution in [2.24, 2.45) is 0 Å². The molecule has 6 heteroatoms. The molecule has 3 aromatic rings. The lowest BCUT2D eigenvalue weighted by molar-refractivity contribution is -0.115. The molecule has 24 heavy (non-hydrogen) atoms. The van der Waals surface area contributed by atoms with Crippen LogP contribution in [0.3, 0.4) is 0 Å². The lowest BCUT2D eigenvalue weighted by Crippen LogP contribution is -2.27. The lowest BCUT2D eigenvalue weighted by atomic mass is 10.2. The first-order valence-corrected chi connectivity index (χ1v) is 9.73. The van der Waals surface area contributed by atoms with Crippen LogP contribution in [0.2, 0.25) is 5.02 Å². The molecule has 0 bridgehead atoms. The van der Waals surface area contributed by atoms with Gasteiger partial charge in [0, 0.05) is 16.0 Å². The molecule has 0 N–H and O–H groups in total. The Bertz CT molecular complexity index is 864. The third-order valence-electron chi connectivity index (χ3n) is 3.79. The van der Waals surface area contributed by atoms with Crippen LogP contribution in [0.4, 0.5) is 5.13 Å². The van der Waals surface area contributed by atoms with Crippen LogP contribution in [0.15, 0.2) is 60.0 Å². The Hall–Kier alpha value is -1.82. The summed E-state index contributed by atoms with van der Waals surface area (Å²) in [5.41, 5.74) is 3.02. The zero-order valence-electron chi connectivity index (χ0n) is 12.6. The van der Waals surface area contributed by atoms with E-state index in [-0.39, 0.29) is 11.3 Å². The Morgan fingerprint density at radius 3 is 2.58 bits per heavy atom. The molecule has 3 nitrogen and oxygen atoms in total. The van der Waals surface area contributed by atoms with E-state index in [1.165, 1.54) is 11.3 Å². The average molecular weight is 373 g/mol. The first-order valence-electron chi connectivity index (χ1n) is 7.42. The molecule has 1 fully saturated rings. The Kier molecular flexibility index (Phi) is 4.31. The maximum Gasteiger partial charge on any atom is 0.240 e. The summed E-state index contributed by atoms with van der Waals surface area (Å²) in [6.07, 6.45) is 0. The Morgan fingerprint density at radius 1 is 1.08 bits per heavy atom. The predicted molar refractivity (Wildman–Crippen MR) is 102 cm³/mol. The molecular weight excluding hydrogens is 360 g/mol. The summed E-state index contributed by atoms with van der Waals surface area (Å²) in [5, 5.41) is 3.38. The third-order valence-corrected chi connectivity index (χ3v) is 6.09. The van der Waals surface area contributed by atoms with Crippen molar-refractivity contribution in [3.05, 3.63) is 70.6 Å². The molecule has 2 heterocycles. The molecular formula is C18H13ClN2OS2. The summed E-state index contributed by atoms with van der Waals surface area (Å²) in [7, 11) is 0. The van der Waals surface area contributed by atoms with Gasteiger partial charge in [0.25, 0.3) is 0 Å². The van der Waals surface area contributed by atoms with Gasteiger partial charge >= 0.3 is 0 Å². The summed E-state index contributed by atoms with van der Waals surface area (Å²) in [6, 6.07) is 17.7. The summed E-state index contributed by atoms with van der Waals surface area (Å²) in [5.74, 6) is 0.557. The summed E-state index contributed by atoms with van der Waals surface area (Å²) >= 11 is 9.09. The molecule has 1 aromatic heterocycles. The maximum absolute atomic E-state index is 12.4. The van der Waals surface area contributed by atoms with Crippen molar-refractivity contribution in [3.8, 4) is 11.3 Å². The van der Waals surface area contributed by atoms with Crippen molar-refractivity contribution in [1.82, 2.24) is 4.98 Å². The van der Waals surface area contributed by atoms with Crippen molar-refractivity contribution < 1.29 is 4.79 Å². The van der Waals surface area contributed by atoms with E-state index in [4.69, 9.17) is 16.6 Å². The fourth-order valence-corrected chi connectivity index (χ4v) is 4.85. The fraction of sp³-hybridized carbons (Fsp3) is 0.111. The molecule has 1 atom stereocenters. The number of thiazole rings is 1. The Balaban J connectivity index is 1.67. The highest BCUT2D eigenvalue weighted by molar-refractivity contribution is 8.00. The minimum Gasteiger partial charge on any atom is -0.273 e. The molecule has 0 spiro atoms. The van der Waals surface area contributed by atoms with E-state index in [1.54, 1.807) is 16.7 Å². The highest BCUT2D eigenvalue weighted by Gasteiger charge is 2.35. The standard InChI is InChI=1S/C18H13ClN2OS2/c19-14-8-6-13(7-9-14)17-21(16(22)11-23-17)18-20-15(10-24-18)12-4-2-1-3-5-12/h1-10,17H,11H2/t17-/m0/s1. The number of amides is 1. The van der Waals surface area contributed by atoms with E-state index in [0.29, 0.717) is 10.8 Å². The number of aromatic nitrogens is 1. The van der Waals surface area contributed by atoms with Crippen molar-refractivity contribution in [2.45, 2.75) is 5.37 Å². The lowest BCUT2D eigenvalue weighted by Gasteiger charge is -2.21. The van der Waals surface area contributed by atoms with Crippen LogP contribution < -0.4 is 4.90 Å². The number of nitrogens with zero attached hydrogens (tertiary/aromatic N) is 2. The number of thioether (sulfide) groups is 1. The van der Waals surface area contributed by atoms with E-state index in [1.807, 2.05) is 60.0 Å². The first-order chi connectivity index (χ1) is 11.7. The van der Waals surface area contributed by atoms with Gasteiger partial charge in [-0.05, 0) is 17.7 Å². The van der Waals surface area contributed by atoms with Gasteiger partial charge in [0.2, 0.25) is 5.91 Å². The molecule has 2 aromatic carbocycles. The highest BCUT2D eigenvalue weighted by atomic mass is 35.5.